The van der Waals surface area contributed by atoms with Crippen LogP contribution in [0.5, 0.6) is 5.75 Å². The Balaban J connectivity index is 1.40. The molecule has 0 aliphatic heterocycles. The lowest BCUT2D eigenvalue weighted by Crippen LogP contribution is -2.37. The Bertz CT molecular complexity index is 988. The van der Waals surface area contributed by atoms with Gasteiger partial charge in [-0.2, -0.15) is 0 Å². The first-order valence-electron chi connectivity index (χ1n) is 10.2. The van der Waals surface area contributed by atoms with Crippen LogP contribution in [-0.4, -0.2) is 11.8 Å². The number of hydrogen-bond acceptors (Lipinski definition) is 3. The lowest BCUT2D eigenvalue weighted by atomic mass is 9.60. The molecule has 3 heteroatoms. The Morgan fingerprint density at radius 3 is 2.75 bits per heavy atom. The zero-order chi connectivity index (χ0) is 19.3. The Kier molecular flexibility index (Phi) is 4.01. The van der Waals surface area contributed by atoms with Gasteiger partial charge in [-0.1, -0.05) is 42.8 Å². The first kappa shape index (κ1) is 17.4. The third-order valence-corrected chi connectivity index (χ3v) is 7.09. The molecule has 3 nitrogen and oxygen atoms in total. The van der Waals surface area contributed by atoms with Crippen LogP contribution in [0, 0.1) is 11.3 Å². The molecule has 2 aromatic rings. The molecule has 2 fully saturated rings. The molecule has 0 amide bonds. The van der Waals surface area contributed by atoms with E-state index in [2.05, 4.69) is 19.1 Å². The van der Waals surface area contributed by atoms with E-state index in [9.17, 15) is 9.59 Å². The van der Waals surface area contributed by atoms with E-state index in [1.54, 1.807) is 12.1 Å². The van der Waals surface area contributed by atoms with Gasteiger partial charge in [-0.25, -0.2) is 4.79 Å². The summed E-state index contributed by atoms with van der Waals surface area (Å²) in [5.41, 5.74) is 4.46. The molecule has 142 valence electrons. The zero-order valence-corrected chi connectivity index (χ0v) is 16.1. The minimum atomic E-state index is -0.328. The summed E-state index contributed by atoms with van der Waals surface area (Å²) in [6, 6.07) is 15.1. The number of ketones is 1. The highest BCUT2D eigenvalue weighted by Crippen LogP contribution is 2.57. The lowest BCUT2D eigenvalue weighted by Gasteiger charge is -2.43. The summed E-state index contributed by atoms with van der Waals surface area (Å²) in [6.07, 6.45) is 6.92. The second-order valence-electron chi connectivity index (χ2n) is 8.55. The van der Waals surface area contributed by atoms with Crippen LogP contribution in [0.4, 0.5) is 0 Å². The van der Waals surface area contributed by atoms with Gasteiger partial charge in [0.25, 0.3) is 0 Å². The minimum absolute atomic E-state index is 0.148. The van der Waals surface area contributed by atoms with Crippen molar-refractivity contribution in [2.45, 2.75) is 44.9 Å². The van der Waals surface area contributed by atoms with E-state index in [-0.39, 0.29) is 11.4 Å². The maximum atomic E-state index is 12.4. The molecule has 2 saturated carbocycles. The van der Waals surface area contributed by atoms with E-state index in [0.29, 0.717) is 28.9 Å². The van der Waals surface area contributed by atoms with Gasteiger partial charge in [0.15, 0.2) is 0 Å². The Hall–Kier alpha value is -2.68. The Morgan fingerprint density at radius 2 is 1.93 bits per heavy atom. The predicted octanol–water partition coefficient (Wildman–Crippen LogP) is 5.25. The van der Waals surface area contributed by atoms with E-state index in [1.807, 2.05) is 30.3 Å². The van der Waals surface area contributed by atoms with Gasteiger partial charge < -0.3 is 4.74 Å². The highest BCUT2D eigenvalue weighted by molar-refractivity contribution is 5.91. The molecule has 2 aromatic carbocycles. The quantitative estimate of drug-likeness (QED) is 0.411. The molecule has 0 N–H and O–H groups in total. The first-order chi connectivity index (χ1) is 13.6. The first-order valence-corrected chi connectivity index (χ1v) is 10.2. The largest absolute Gasteiger partial charge is 0.423 e. The molecule has 0 aromatic heterocycles. The van der Waals surface area contributed by atoms with Crippen LogP contribution >= 0.6 is 0 Å². The summed E-state index contributed by atoms with van der Waals surface area (Å²) in [4.78, 5) is 24.8. The molecular weight excluding hydrogens is 348 g/mol. The second-order valence-corrected chi connectivity index (χ2v) is 8.55. The number of carbonyl (C=O) groups is 2. The van der Waals surface area contributed by atoms with Gasteiger partial charge in [0, 0.05) is 17.8 Å². The number of Topliss-reactive ketones (excluding diaryl/α,β-unsaturated/α-hetero) is 1. The van der Waals surface area contributed by atoms with Crippen molar-refractivity contribution in [3.63, 3.8) is 0 Å². The predicted molar refractivity (Wildman–Crippen MR) is 107 cm³/mol. The molecule has 3 atom stereocenters. The van der Waals surface area contributed by atoms with Crippen molar-refractivity contribution in [3.05, 3.63) is 76.9 Å². The standard InChI is InChI=1S/C25H24O3/c1-25-14-13-20-19-10-8-18(28-24(27)16-5-3-2-4-6-16)15-17(19)7-9-21(20)22(25)11-12-23(25)26/h2-6,8-10,15,20,22H,7,11-14H2,1H3/t20-,22-,25+/m1/s1. The number of allylic oxidation sites excluding steroid dienone is 2. The van der Waals surface area contributed by atoms with Crippen LogP contribution < -0.4 is 4.74 Å². The number of rotatable bonds is 2. The van der Waals surface area contributed by atoms with Crippen molar-refractivity contribution in [3.8, 4) is 5.75 Å². The molecule has 0 spiro atoms. The van der Waals surface area contributed by atoms with Crippen LogP contribution in [0.1, 0.15) is 60.0 Å². The molecule has 0 radical (unpaired) electrons. The summed E-state index contributed by atoms with van der Waals surface area (Å²) in [5.74, 6) is 1.53. The molecular formula is C25H24O3. The van der Waals surface area contributed by atoms with E-state index in [0.717, 1.165) is 32.1 Å². The fourth-order valence-corrected chi connectivity index (χ4v) is 5.53. The number of hydrogen-bond donors (Lipinski definition) is 0. The van der Waals surface area contributed by atoms with Gasteiger partial charge in [-0.15, -0.1) is 0 Å². The van der Waals surface area contributed by atoms with E-state index in [1.165, 1.54) is 16.7 Å². The monoisotopic (exact) mass is 372 g/mol. The number of carbonyl (C=O) groups excluding carboxylic acids is 2. The summed E-state index contributed by atoms with van der Waals surface area (Å²) in [7, 11) is 0. The summed E-state index contributed by atoms with van der Waals surface area (Å²) in [5, 5.41) is 0. The van der Waals surface area contributed by atoms with Crippen LogP contribution in [0.15, 0.2) is 60.2 Å². The maximum absolute atomic E-state index is 12.4. The topological polar surface area (TPSA) is 43.4 Å². The van der Waals surface area contributed by atoms with Gasteiger partial charge in [0.2, 0.25) is 0 Å². The van der Waals surface area contributed by atoms with Gasteiger partial charge >= 0.3 is 5.97 Å². The van der Waals surface area contributed by atoms with Crippen molar-refractivity contribution >= 4 is 11.8 Å². The molecule has 0 saturated heterocycles. The molecule has 5 rings (SSSR count). The van der Waals surface area contributed by atoms with E-state index in [4.69, 9.17) is 4.74 Å². The minimum Gasteiger partial charge on any atom is -0.423 e. The summed E-state index contributed by atoms with van der Waals surface area (Å²) in [6.45, 7) is 2.17. The molecule has 0 unspecified atom stereocenters. The average molecular weight is 372 g/mol. The Labute approximate surface area is 165 Å². The highest BCUT2D eigenvalue weighted by Gasteiger charge is 2.52. The fourth-order valence-electron chi connectivity index (χ4n) is 5.53. The summed E-state index contributed by atoms with van der Waals surface area (Å²) >= 11 is 0. The normalized spacial score (nSPS) is 28.0. The molecule has 0 bridgehead atoms. The molecule has 28 heavy (non-hydrogen) atoms. The van der Waals surface area contributed by atoms with E-state index < -0.39 is 0 Å². The van der Waals surface area contributed by atoms with Crippen LogP contribution in [0.2, 0.25) is 0 Å². The van der Waals surface area contributed by atoms with Crippen LogP contribution in [0.3, 0.4) is 0 Å². The number of fused-ring (bicyclic) bond motifs is 5. The van der Waals surface area contributed by atoms with Crippen molar-refractivity contribution in [2.24, 2.45) is 11.3 Å². The van der Waals surface area contributed by atoms with Gasteiger partial charge in [-0.05, 0) is 67.0 Å². The van der Waals surface area contributed by atoms with Crippen molar-refractivity contribution < 1.29 is 14.3 Å². The third kappa shape index (κ3) is 2.64. The smallest absolute Gasteiger partial charge is 0.343 e. The van der Waals surface area contributed by atoms with Gasteiger partial charge in [-0.3, -0.25) is 4.79 Å². The maximum Gasteiger partial charge on any atom is 0.343 e. The highest BCUT2D eigenvalue weighted by atomic mass is 16.5. The molecule has 0 heterocycles. The van der Waals surface area contributed by atoms with Gasteiger partial charge in [0.05, 0.1) is 5.56 Å². The number of ether oxygens (including phenoxy) is 1. The van der Waals surface area contributed by atoms with Crippen molar-refractivity contribution in [1.29, 1.82) is 0 Å². The van der Waals surface area contributed by atoms with Gasteiger partial charge in [0.1, 0.15) is 11.5 Å². The molecule has 3 aliphatic carbocycles. The number of benzene rings is 2. The Morgan fingerprint density at radius 1 is 1.11 bits per heavy atom. The lowest BCUT2D eigenvalue weighted by molar-refractivity contribution is -0.126. The van der Waals surface area contributed by atoms with Crippen LogP contribution in [-0.2, 0) is 11.2 Å². The van der Waals surface area contributed by atoms with Crippen molar-refractivity contribution in [2.75, 3.05) is 0 Å². The van der Waals surface area contributed by atoms with Crippen LogP contribution in [0.25, 0.3) is 0 Å². The zero-order valence-electron chi connectivity index (χ0n) is 16.1. The second kappa shape index (κ2) is 6.44. The molecule has 3 aliphatic rings. The van der Waals surface area contributed by atoms with Crippen molar-refractivity contribution in [1.82, 2.24) is 0 Å². The number of esters is 1. The van der Waals surface area contributed by atoms with E-state index >= 15 is 0 Å². The SMILES string of the molecule is C[C@]12CC[C@H]3C(=CCc4cc(OC(=O)c5ccccc5)ccc43)[C@H]1CCC2=O. The fraction of sp³-hybridized carbons (Fsp3) is 0.360. The summed E-state index contributed by atoms with van der Waals surface area (Å²) < 4.78 is 5.60. The average Bonchev–Trinajstić information content (AvgIpc) is 3.03. The third-order valence-electron chi connectivity index (χ3n) is 7.09.